The summed E-state index contributed by atoms with van der Waals surface area (Å²) in [5, 5.41) is 9.05. The zero-order valence-electron chi connectivity index (χ0n) is 5.28. The minimum Gasteiger partial charge on any atom is -0.278 e. The molecule has 1 saturated heterocycles. The molecule has 0 aromatic heterocycles. The van der Waals surface area contributed by atoms with Crippen LogP contribution < -0.4 is 0 Å². The van der Waals surface area contributed by atoms with E-state index in [1.54, 1.807) is 0 Å². The van der Waals surface area contributed by atoms with Gasteiger partial charge in [0.1, 0.15) is 0 Å². The molecule has 0 aromatic carbocycles. The minimum atomic E-state index is -0.416. The van der Waals surface area contributed by atoms with Gasteiger partial charge in [0.2, 0.25) is 0 Å². The number of hydroxylamine groups is 2. The van der Waals surface area contributed by atoms with Crippen LogP contribution in [0.2, 0.25) is 0 Å². The lowest BCUT2D eigenvalue weighted by atomic mass is 9.76. The molecular formula is C6H7NO3. The van der Waals surface area contributed by atoms with Crippen LogP contribution >= 0.6 is 0 Å². The van der Waals surface area contributed by atoms with Crippen molar-refractivity contribution in [3.05, 3.63) is 0 Å². The van der Waals surface area contributed by atoms with Crippen LogP contribution in [-0.4, -0.2) is 22.1 Å². The fourth-order valence-corrected chi connectivity index (χ4v) is 1.51. The summed E-state index contributed by atoms with van der Waals surface area (Å²) in [5.41, 5.74) is 0. The first-order valence-electron chi connectivity index (χ1n) is 3.28. The van der Waals surface area contributed by atoms with E-state index in [2.05, 4.69) is 0 Å². The van der Waals surface area contributed by atoms with Crippen molar-refractivity contribution in [3.63, 3.8) is 0 Å². The predicted octanol–water partition coefficient (Wildman–Crippen LogP) is -0.229. The largest absolute Gasteiger partial charge is 0.278 e. The van der Waals surface area contributed by atoms with Crippen molar-refractivity contribution in [1.82, 2.24) is 5.06 Å². The van der Waals surface area contributed by atoms with E-state index < -0.39 is 11.8 Å². The maximum atomic E-state index is 10.8. The fraction of sp³-hybridized carbons (Fsp3) is 0.667. The lowest BCUT2D eigenvalue weighted by Gasteiger charge is -2.23. The number of amides is 2. The van der Waals surface area contributed by atoms with E-state index in [9.17, 15) is 9.59 Å². The molecule has 2 atom stereocenters. The maximum absolute atomic E-state index is 10.8. The van der Waals surface area contributed by atoms with Crippen molar-refractivity contribution in [3.8, 4) is 0 Å². The van der Waals surface area contributed by atoms with Crippen LogP contribution in [0.15, 0.2) is 0 Å². The smallest absolute Gasteiger partial charge is 0.257 e. The van der Waals surface area contributed by atoms with Gasteiger partial charge in [-0.1, -0.05) is 0 Å². The third kappa shape index (κ3) is 0.455. The van der Waals surface area contributed by atoms with Crippen molar-refractivity contribution in [1.29, 1.82) is 0 Å². The molecule has 2 aliphatic rings. The van der Waals surface area contributed by atoms with E-state index in [4.69, 9.17) is 5.21 Å². The van der Waals surface area contributed by atoms with Gasteiger partial charge in [0, 0.05) is 0 Å². The molecule has 1 aliphatic carbocycles. The zero-order chi connectivity index (χ0) is 7.30. The molecule has 4 heteroatoms. The third-order valence-corrected chi connectivity index (χ3v) is 2.33. The van der Waals surface area contributed by atoms with Crippen LogP contribution in [0.5, 0.6) is 0 Å². The van der Waals surface area contributed by atoms with Gasteiger partial charge < -0.3 is 0 Å². The van der Waals surface area contributed by atoms with Crippen molar-refractivity contribution in [2.45, 2.75) is 12.8 Å². The number of hydrogen-bond acceptors (Lipinski definition) is 3. The van der Waals surface area contributed by atoms with Crippen molar-refractivity contribution in [2.24, 2.45) is 11.8 Å². The highest BCUT2D eigenvalue weighted by Crippen LogP contribution is 2.41. The summed E-state index contributed by atoms with van der Waals surface area (Å²) < 4.78 is 0. The fourth-order valence-electron chi connectivity index (χ4n) is 1.51. The van der Waals surface area contributed by atoms with E-state index in [0.717, 1.165) is 12.8 Å². The first-order valence-corrected chi connectivity index (χ1v) is 3.28. The van der Waals surface area contributed by atoms with Crippen LogP contribution in [0.25, 0.3) is 0 Å². The average Bonchev–Trinajstić information content (AvgIpc) is 1.92. The average molecular weight is 141 g/mol. The van der Waals surface area contributed by atoms with Gasteiger partial charge in [-0.25, -0.2) is 0 Å². The molecular weight excluding hydrogens is 134 g/mol. The summed E-state index contributed by atoms with van der Waals surface area (Å²) in [4.78, 5) is 21.7. The number of imide groups is 1. The SMILES string of the molecule is O=C1[C@H]2CC[C@H]2C(=O)N1O. The highest BCUT2D eigenvalue weighted by atomic mass is 16.5. The summed E-state index contributed by atoms with van der Waals surface area (Å²) in [6, 6.07) is 0. The second-order valence-corrected chi connectivity index (χ2v) is 2.78. The molecule has 1 aliphatic heterocycles. The predicted molar refractivity (Wildman–Crippen MR) is 29.9 cm³/mol. The van der Waals surface area contributed by atoms with Crippen LogP contribution in [0, 0.1) is 11.8 Å². The Kier molecular flexibility index (Phi) is 0.922. The lowest BCUT2D eigenvalue weighted by Crippen LogP contribution is -2.27. The Bertz CT molecular complexity index is 191. The van der Waals surface area contributed by atoms with Gasteiger partial charge in [-0.15, -0.1) is 0 Å². The molecule has 1 heterocycles. The summed E-state index contributed by atoms with van der Waals surface area (Å²) >= 11 is 0. The molecule has 0 spiro atoms. The topological polar surface area (TPSA) is 57.6 Å². The molecule has 0 bridgehead atoms. The molecule has 2 amide bonds. The van der Waals surface area contributed by atoms with Gasteiger partial charge in [0.25, 0.3) is 11.8 Å². The lowest BCUT2D eigenvalue weighted by molar-refractivity contribution is -0.172. The second-order valence-electron chi connectivity index (χ2n) is 2.78. The van der Waals surface area contributed by atoms with Gasteiger partial charge in [-0.2, -0.15) is 5.06 Å². The van der Waals surface area contributed by atoms with E-state index >= 15 is 0 Å². The Morgan fingerprint density at radius 1 is 1.20 bits per heavy atom. The second kappa shape index (κ2) is 1.58. The van der Waals surface area contributed by atoms with Crippen LogP contribution in [0.1, 0.15) is 12.8 Å². The number of fused-ring (bicyclic) bond motifs is 1. The van der Waals surface area contributed by atoms with Gasteiger partial charge in [0.15, 0.2) is 0 Å². The zero-order valence-corrected chi connectivity index (χ0v) is 5.28. The summed E-state index contributed by atoms with van der Waals surface area (Å²) in [6.45, 7) is 0. The molecule has 1 N–H and O–H groups in total. The standard InChI is InChI=1S/C6H7NO3/c8-5-3-1-2-4(3)6(9)7(5)10/h3-4,10H,1-2H2/t3-,4+. The van der Waals surface area contributed by atoms with E-state index in [1.807, 2.05) is 0 Å². The quantitative estimate of drug-likeness (QED) is 0.374. The molecule has 0 aromatic rings. The molecule has 2 rings (SSSR count). The number of carbonyl (C=O) groups is 2. The summed E-state index contributed by atoms with van der Waals surface area (Å²) in [7, 11) is 0. The Hall–Kier alpha value is -0.900. The monoisotopic (exact) mass is 141 g/mol. The van der Waals surface area contributed by atoms with Gasteiger partial charge >= 0.3 is 0 Å². The summed E-state index contributed by atoms with van der Waals surface area (Å²) in [5.74, 6) is -1.22. The van der Waals surface area contributed by atoms with Crippen molar-refractivity contribution in [2.75, 3.05) is 0 Å². The van der Waals surface area contributed by atoms with Crippen LogP contribution in [0.4, 0.5) is 0 Å². The molecule has 10 heavy (non-hydrogen) atoms. The molecule has 4 nitrogen and oxygen atoms in total. The number of rotatable bonds is 0. The molecule has 1 saturated carbocycles. The van der Waals surface area contributed by atoms with Gasteiger partial charge in [0.05, 0.1) is 11.8 Å². The number of hydrogen-bond donors (Lipinski definition) is 1. The van der Waals surface area contributed by atoms with Crippen molar-refractivity contribution >= 4 is 11.8 Å². The third-order valence-electron chi connectivity index (χ3n) is 2.33. The Morgan fingerprint density at radius 2 is 1.60 bits per heavy atom. The van der Waals surface area contributed by atoms with E-state index in [0.29, 0.717) is 0 Å². The minimum absolute atomic E-state index is 0.197. The number of carbonyl (C=O) groups excluding carboxylic acids is 2. The first-order chi connectivity index (χ1) is 4.72. The van der Waals surface area contributed by atoms with Crippen LogP contribution in [0.3, 0.4) is 0 Å². The molecule has 0 radical (unpaired) electrons. The Balaban J connectivity index is 2.30. The van der Waals surface area contributed by atoms with Gasteiger partial charge in [-0.3, -0.25) is 14.8 Å². The normalized spacial score (nSPS) is 37.9. The Labute approximate surface area is 57.4 Å². The van der Waals surface area contributed by atoms with E-state index in [1.165, 1.54) is 0 Å². The van der Waals surface area contributed by atoms with Crippen LogP contribution in [-0.2, 0) is 9.59 Å². The highest BCUT2D eigenvalue weighted by molar-refractivity contribution is 6.04. The highest BCUT2D eigenvalue weighted by Gasteiger charge is 2.52. The van der Waals surface area contributed by atoms with E-state index in [-0.39, 0.29) is 16.9 Å². The maximum Gasteiger partial charge on any atom is 0.257 e. The summed E-state index contributed by atoms with van der Waals surface area (Å²) in [6.07, 6.45) is 1.51. The number of nitrogens with zero attached hydrogens (tertiary/aromatic N) is 1. The molecule has 2 fully saturated rings. The van der Waals surface area contributed by atoms with Crippen molar-refractivity contribution < 1.29 is 14.8 Å². The molecule has 54 valence electrons. The Morgan fingerprint density at radius 3 is 1.80 bits per heavy atom. The van der Waals surface area contributed by atoms with Gasteiger partial charge in [-0.05, 0) is 12.8 Å². The molecule has 0 unspecified atom stereocenters. The first kappa shape index (κ1) is 5.85.